The van der Waals surface area contributed by atoms with E-state index < -0.39 is 17.8 Å². The van der Waals surface area contributed by atoms with Gasteiger partial charge in [0, 0.05) is 5.56 Å². The first-order chi connectivity index (χ1) is 12.9. The van der Waals surface area contributed by atoms with E-state index in [-0.39, 0.29) is 0 Å². The molecule has 0 amide bonds. The topological polar surface area (TPSA) is 74.3 Å². The van der Waals surface area contributed by atoms with Crippen LogP contribution in [0.3, 0.4) is 0 Å². The van der Waals surface area contributed by atoms with Gasteiger partial charge in [-0.1, -0.05) is 0 Å². The van der Waals surface area contributed by atoms with Gasteiger partial charge in [-0.25, -0.2) is 14.5 Å². The molecule has 2 saturated heterocycles. The third-order valence-electron chi connectivity index (χ3n) is 4.17. The molecule has 146 valence electrons. The summed E-state index contributed by atoms with van der Waals surface area (Å²) in [6.45, 7) is 0. The van der Waals surface area contributed by atoms with E-state index in [1.54, 1.807) is 74.9 Å². The number of carbonyl (C=O) groups is 2. The molecule has 2 heterocycles. The highest BCUT2D eigenvalue weighted by Crippen LogP contribution is 2.50. The maximum Gasteiger partial charge on any atom is 0.422 e. The van der Waals surface area contributed by atoms with Crippen LogP contribution in [-0.4, -0.2) is 62.6 Å². The lowest BCUT2D eigenvalue weighted by Crippen LogP contribution is -2.47. The van der Waals surface area contributed by atoms with Gasteiger partial charge in [-0.2, -0.15) is 0 Å². The molecule has 2 aliphatic rings. The molecule has 0 radical (unpaired) electrons. The number of cyclic esters (lactones) is 2. The van der Waals surface area contributed by atoms with E-state index in [0.29, 0.717) is 22.6 Å². The third kappa shape index (κ3) is 3.63. The Hall–Kier alpha value is -1.84. The van der Waals surface area contributed by atoms with Crippen molar-refractivity contribution in [3.05, 3.63) is 28.0 Å². The molecule has 27 heavy (non-hydrogen) atoms. The zero-order chi connectivity index (χ0) is 19.6. The van der Waals surface area contributed by atoms with Crippen molar-refractivity contribution in [1.82, 2.24) is 4.90 Å². The van der Waals surface area contributed by atoms with Crippen molar-refractivity contribution in [2.75, 3.05) is 39.8 Å². The summed E-state index contributed by atoms with van der Waals surface area (Å²) in [5.74, 6) is -0.693. The SMILES string of the molecule is COc1ccc(OC)c(C(=C2SCCCS2)C2(N(C)C)OC(=O)C(=O)O2)c1. The van der Waals surface area contributed by atoms with Gasteiger partial charge in [0.1, 0.15) is 11.5 Å². The van der Waals surface area contributed by atoms with Gasteiger partial charge in [0.15, 0.2) is 0 Å². The van der Waals surface area contributed by atoms with Gasteiger partial charge in [-0.05, 0) is 50.2 Å². The maximum atomic E-state index is 12.0. The number of esters is 2. The molecule has 2 fully saturated rings. The van der Waals surface area contributed by atoms with Crippen molar-refractivity contribution < 1.29 is 28.5 Å². The van der Waals surface area contributed by atoms with Crippen molar-refractivity contribution in [3.63, 3.8) is 0 Å². The van der Waals surface area contributed by atoms with Crippen LogP contribution in [0, 0.1) is 0 Å². The van der Waals surface area contributed by atoms with Crippen LogP contribution in [-0.2, 0) is 19.1 Å². The van der Waals surface area contributed by atoms with Gasteiger partial charge in [-0.3, -0.25) is 0 Å². The van der Waals surface area contributed by atoms with Crippen LogP contribution >= 0.6 is 23.5 Å². The molecule has 3 rings (SSSR count). The number of carbonyl (C=O) groups excluding carboxylic acids is 2. The van der Waals surface area contributed by atoms with Crippen molar-refractivity contribution in [1.29, 1.82) is 0 Å². The lowest BCUT2D eigenvalue weighted by atomic mass is 10.0. The second kappa shape index (κ2) is 8.04. The average molecular weight is 412 g/mol. The average Bonchev–Trinajstić information content (AvgIpc) is 2.98. The van der Waals surface area contributed by atoms with Gasteiger partial charge < -0.3 is 18.9 Å². The molecule has 0 bridgehead atoms. The molecule has 0 aliphatic carbocycles. The largest absolute Gasteiger partial charge is 0.497 e. The molecule has 1 aromatic rings. The van der Waals surface area contributed by atoms with Crippen LogP contribution in [0.15, 0.2) is 22.4 Å². The number of nitrogens with zero attached hydrogens (tertiary/aromatic N) is 1. The van der Waals surface area contributed by atoms with E-state index in [4.69, 9.17) is 18.9 Å². The van der Waals surface area contributed by atoms with Gasteiger partial charge in [-0.15, -0.1) is 23.5 Å². The van der Waals surface area contributed by atoms with Crippen molar-refractivity contribution in [2.24, 2.45) is 0 Å². The predicted molar refractivity (Wildman–Crippen MR) is 105 cm³/mol. The number of ether oxygens (including phenoxy) is 4. The van der Waals surface area contributed by atoms with E-state index in [1.165, 1.54) is 0 Å². The number of benzene rings is 1. The number of likely N-dealkylation sites (N-methyl/N-ethyl adjacent to an activating group) is 1. The summed E-state index contributed by atoms with van der Waals surface area (Å²) in [5.41, 5.74) is 1.21. The van der Waals surface area contributed by atoms with Crippen molar-refractivity contribution >= 4 is 41.0 Å². The van der Waals surface area contributed by atoms with E-state index in [0.717, 1.165) is 22.2 Å². The predicted octanol–water partition coefficient (Wildman–Crippen LogP) is 2.56. The molecule has 0 atom stereocenters. The number of hydrogen-bond donors (Lipinski definition) is 0. The fourth-order valence-corrected chi connectivity index (χ4v) is 5.59. The summed E-state index contributed by atoms with van der Waals surface area (Å²) in [5, 5.41) is 0. The van der Waals surface area contributed by atoms with E-state index >= 15 is 0 Å². The van der Waals surface area contributed by atoms with Crippen molar-refractivity contribution in [3.8, 4) is 11.5 Å². The van der Waals surface area contributed by atoms with E-state index in [2.05, 4.69) is 0 Å². The smallest absolute Gasteiger partial charge is 0.422 e. The van der Waals surface area contributed by atoms with Crippen molar-refractivity contribution in [2.45, 2.75) is 12.3 Å². The van der Waals surface area contributed by atoms with E-state index in [1.807, 2.05) is 0 Å². The Morgan fingerprint density at radius 3 is 2.22 bits per heavy atom. The second-order valence-electron chi connectivity index (χ2n) is 6.03. The minimum Gasteiger partial charge on any atom is -0.497 e. The lowest BCUT2D eigenvalue weighted by Gasteiger charge is -2.36. The van der Waals surface area contributed by atoms with Crippen LogP contribution in [0.4, 0.5) is 0 Å². The second-order valence-corrected chi connectivity index (χ2v) is 8.50. The minimum atomic E-state index is -1.67. The highest BCUT2D eigenvalue weighted by Gasteiger charge is 2.56. The summed E-state index contributed by atoms with van der Waals surface area (Å²) in [6, 6.07) is 5.34. The van der Waals surface area contributed by atoms with Gasteiger partial charge in [0.05, 0.1) is 24.0 Å². The molecule has 0 spiro atoms. The fraction of sp³-hybridized carbons (Fsp3) is 0.444. The van der Waals surface area contributed by atoms with Crippen LogP contribution < -0.4 is 9.47 Å². The van der Waals surface area contributed by atoms with Crippen LogP contribution in [0.5, 0.6) is 11.5 Å². The number of thioether (sulfide) groups is 2. The molecule has 7 nitrogen and oxygen atoms in total. The third-order valence-corrected chi connectivity index (χ3v) is 6.79. The maximum absolute atomic E-state index is 12.0. The molecule has 0 aromatic heterocycles. The first-order valence-electron chi connectivity index (χ1n) is 8.29. The molecular weight excluding hydrogens is 390 g/mol. The minimum absolute atomic E-state index is 0.560. The van der Waals surface area contributed by atoms with Gasteiger partial charge in [0.25, 0.3) is 0 Å². The van der Waals surface area contributed by atoms with Gasteiger partial charge >= 0.3 is 17.8 Å². The normalized spacial score (nSPS) is 18.9. The zero-order valence-electron chi connectivity index (χ0n) is 15.6. The Labute approximate surface area is 166 Å². The molecule has 2 aliphatic heterocycles. The van der Waals surface area contributed by atoms with Crippen LogP contribution in [0.25, 0.3) is 5.57 Å². The number of hydrogen-bond acceptors (Lipinski definition) is 9. The number of methoxy groups -OCH3 is 2. The molecule has 0 saturated carbocycles. The Bertz CT molecular complexity index is 768. The lowest BCUT2D eigenvalue weighted by molar-refractivity contribution is -0.202. The summed E-state index contributed by atoms with van der Waals surface area (Å²) < 4.78 is 22.8. The fourth-order valence-electron chi connectivity index (χ4n) is 2.86. The first-order valence-corrected chi connectivity index (χ1v) is 10.3. The Balaban J connectivity index is 2.28. The molecule has 0 N–H and O–H groups in total. The standard InChI is InChI=1S/C18H21NO6S2/c1-19(2)18(24-15(20)16(21)25-18)14(17-26-8-5-9-27-17)12-10-11(22-3)6-7-13(12)23-4/h6-7,10H,5,8-9H2,1-4H3. The van der Waals surface area contributed by atoms with Gasteiger partial charge in [0.2, 0.25) is 0 Å². The molecular formula is C18H21NO6S2. The Morgan fingerprint density at radius 2 is 1.70 bits per heavy atom. The van der Waals surface area contributed by atoms with Crippen LogP contribution in [0.2, 0.25) is 0 Å². The van der Waals surface area contributed by atoms with E-state index in [9.17, 15) is 9.59 Å². The highest BCUT2D eigenvalue weighted by molar-refractivity contribution is 8.23. The summed E-state index contributed by atoms with van der Waals surface area (Å²) in [7, 11) is 6.51. The quantitative estimate of drug-likeness (QED) is 0.537. The highest BCUT2D eigenvalue weighted by atomic mass is 32.2. The summed E-state index contributed by atoms with van der Waals surface area (Å²) >= 11 is 3.28. The first kappa shape index (κ1) is 19.9. The number of rotatable bonds is 5. The zero-order valence-corrected chi connectivity index (χ0v) is 17.2. The summed E-state index contributed by atoms with van der Waals surface area (Å²) in [6.07, 6.45) is 1.07. The Morgan fingerprint density at radius 1 is 1.07 bits per heavy atom. The molecule has 1 aromatic carbocycles. The molecule has 0 unspecified atom stereocenters. The Kier molecular flexibility index (Phi) is 5.92. The monoisotopic (exact) mass is 411 g/mol. The van der Waals surface area contributed by atoms with Crippen LogP contribution in [0.1, 0.15) is 12.0 Å². The summed E-state index contributed by atoms with van der Waals surface area (Å²) in [4.78, 5) is 25.5. The molecule has 9 heteroatoms.